The van der Waals surface area contributed by atoms with Crippen LogP contribution >= 0.6 is 0 Å². The highest BCUT2D eigenvalue weighted by Crippen LogP contribution is 2.17. The van der Waals surface area contributed by atoms with Gasteiger partial charge in [-0.3, -0.25) is 4.21 Å². The smallest absolute Gasteiger partial charge is 0.132 e. The zero-order valence-corrected chi connectivity index (χ0v) is 7.96. The Morgan fingerprint density at radius 3 is 2.57 bits per heavy atom. The molecule has 14 heavy (non-hydrogen) atoms. The molecule has 0 heterocycles. The van der Waals surface area contributed by atoms with E-state index in [4.69, 9.17) is 11.1 Å². The quantitative estimate of drug-likeness (QED) is 0.310. The van der Waals surface area contributed by atoms with Gasteiger partial charge in [0.2, 0.25) is 0 Å². The molecule has 0 saturated carbocycles. The number of azide groups is 2. The average Bonchev–Trinajstić information content (AvgIpc) is 2.11. The van der Waals surface area contributed by atoms with Crippen molar-refractivity contribution in [1.82, 2.24) is 0 Å². The van der Waals surface area contributed by atoms with Gasteiger partial charge in [0.15, 0.2) is 0 Å². The molecule has 0 aromatic carbocycles. The maximum atomic E-state index is 10.5. The summed E-state index contributed by atoms with van der Waals surface area (Å²) in [6, 6.07) is -1.35. The van der Waals surface area contributed by atoms with E-state index >= 15 is 0 Å². The first-order valence-corrected chi connectivity index (χ1v) is 4.41. The summed E-state index contributed by atoms with van der Waals surface area (Å²) >= 11 is -2.85. The molecule has 0 rings (SSSR count). The van der Waals surface area contributed by atoms with Crippen molar-refractivity contribution in [2.45, 2.75) is 17.9 Å². The van der Waals surface area contributed by atoms with Crippen molar-refractivity contribution in [3.05, 3.63) is 20.9 Å². The zero-order chi connectivity index (χ0) is 11.2. The fraction of sp³-hybridized carbons (Fsp3) is 1.00. The first-order chi connectivity index (χ1) is 6.46. The van der Waals surface area contributed by atoms with Crippen molar-refractivity contribution in [2.24, 2.45) is 10.2 Å². The summed E-state index contributed by atoms with van der Waals surface area (Å²) in [5.41, 5.74) is 16.1. The molecule has 0 aromatic heterocycles. The Morgan fingerprint density at radius 1 is 1.64 bits per heavy atom. The van der Waals surface area contributed by atoms with E-state index in [-0.39, 0.29) is 0 Å². The minimum Gasteiger partial charge on any atom is -0.770 e. The number of nitrogens with zero attached hydrogens (tertiary/aromatic N) is 6. The summed E-state index contributed by atoms with van der Waals surface area (Å²) in [6.45, 7) is 0.518. The first-order valence-electron chi connectivity index (χ1n) is 3.33. The molecule has 0 radical (unpaired) electrons. The summed E-state index contributed by atoms with van der Waals surface area (Å²) in [6.07, 6.45) is 0. The second-order valence-corrected chi connectivity index (χ2v) is 3.72. The van der Waals surface area contributed by atoms with Crippen molar-refractivity contribution < 1.29 is 13.9 Å². The molecule has 0 aliphatic carbocycles. The molecule has 1 N–H and O–H groups in total. The number of aliphatic hydroxyl groups is 1. The molecule has 0 aliphatic rings. The molecule has 3 unspecified atom stereocenters. The Balaban J connectivity index is 4.88. The largest absolute Gasteiger partial charge is 0.770 e. The zero-order valence-electron chi connectivity index (χ0n) is 7.14. The standard InChI is InChI=1S/C4H8N6O3S/c1-4(11,14(12)13)3(8-10-6)2-7-9-5/h3,11H,2H2,1H3,(H,12,13)/p-1. The van der Waals surface area contributed by atoms with E-state index in [0.717, 1.165) is 6.92 Å². The van der Waals surface area contributed by atoms with E-state index in [0.29, 0.717) is 0 Å². The summed E-state index contributed by atoms with van der Waals surface area (Å²) < 4.78 is 21.1. The summed E-state index contributed by atoms with van der Waals surface area (Å²) in [4.78, 5) is 2.46. The van der Waals surface area contributed by atoms with Gasteiger partial charge in [0.25, 0.3) is 0 Å². The Labute approximate surface area is 81.3 Å². The lowest BCUT2D eigenvalue weighted by molar-refractivity contribution is 0.114. The lowest BCUT2D eigenvalue weighted by atomic mass is 10.2. The van der Waals surface area contributed by atoms with Gasteiger partial charge in [-0.2, -0.15) is 0 Å². The molecule has 3 atom stereocenters. The van der Waals surface area contributed by atoms with Gasteiger partial charge in [0.05, 0.1) is 6.04 Å². The van der Waals surface area contributed by atoms with Crippen molar-refractivity contribution in [3.8, 4) is 0 Å². The van der Waals surface area contributed by atoms with Gasteiger partial charge in [-0.05, 0) is 29.1 Å². The van der Waals surface area contributed by atoms with E-state index in [2.05, 4.69) is 20.1 Å². The van der Waals surface area contributed by atoms with Crippen LogP contribution in [0.1, 0.15) is 6.92 Å². The minimum absolute atomic E-state index is 0.429. The van der Waals surface area contributed by atoms with Crippen LogP contribution < -0.4 is 0 Å². The van der Waals surface area contributed by atoms with Crippen molar-refractivity contribution in [2.75, 3.05) is 6.54 Å². The second kappa shape index (κ2) is 5.43. The average molecular weight is 219 g/mol. The molecule has 0 aliphatic heterocycles. The summed E-state index contributed by atoms with van der Waals surface area (Å²) in [5, 5.41) is 15.4. The van der Waals surface area contributed by atoms with Gasteiger partial charge in [-0.1, -0.05) is 10.2 Å². The van der Waals surface area contributed by atoms with Crippen molar-refractivity contribution in [3.63, 3.8) is 0 Å². The molecular weight excluding hydrogens is 212 g/mol. The molecule has 0 saturated heterocycles. The van der Waals surface area contributed by atoms with Gasteiger partial charge >= 0.3 is 0 Å². The van der Waals surface area contributed by atoms with E-state index in [9.17, 15) is 13.9 Å². The maximum Gasteiger partial charge on any atom is 0.132 e. The van der Waals surface area contributed by atoms with E-state index in [1.807, 2.05) is 0 Å². The topological polar surface area (TPSA) is 158 Å². The van der Waals surface area contributed by atoms with Crippen LogP contribution in [-0.4, -0.2) is 31.4 Å². The molecule has 10 heteroatoms. The predicted molar refractivity (Wildman–Crippen MR) is 46.5 cm³/mol. The highest BCUT2D eigenvalue weighted by atomic mass is 32.2. The molecule has 0 amide bonds. The van der Waals surface area contributed by atoms with Gasteiger partial charge in [-0.15, -0.1) is 0 Å². The van der Waals surface area contributed by atoms with Crippen LogP contribution in [0.3, 0.4) is 0 Å². The Kier molecular flexibility index (Phi) is 4.92. The highest BCUT2D eigenvalue weighted by Gasteiger charge is 2.31. The molecule has 0 bridgehead atoms. The third-order valence-corrected chi connectivity index (χ3v) is 2.41. The van der Waals surface area contributed by atoms with Gasteiger partial charge < -0.3 is 9.66 Å². The predicted octanol–water partition coefficient (Wildman–Crippen LogP) is 0.563. The van der Waals surface area contributed by atoms with Crippen LogP contribution in [0.2, 0.25) is 0 Å². The van der Waals surface area contributed by atoms with E-state index in [1.54, 1.807) is 0 Å². The first kappa shape index (κ1) is 12.7. The molecule has 0 spiro atoms. The number of rotatable bonds is 5. The fourth-order valence-electron chi connectivity index (χ4n) is 0.600. The van der Waals surface area contributed by atoms with Crippen LogP contribution in [0.15, 0.2) is 10.2 Å². The third-order valence-electron chi connectivity index (χ3n) is 1.46. The monoisotopic (exact) mass is 219 g/mol. The Hall–Kier alpha value is -1.31. The Morgan fingerprint density at radius 2 is 2.21 bits per heavy atom. The lowest BCUT2D eigenvalue weighted by Crippen LogP contribution is -2.43. The van der Waals surface area contributed by atoms with Crippen LogP contribution in [0.4, 0.5) is 0 Å². The molecule has 78 valence electrons. The Bertz CT molecular complexity index is 317. The minimum atomic E-state index is -2.85. The van der Waals surface area contributed by atoms with Crippen molar-refractivity contribution in [1.29, 1.82) is 0 Å². The number of hydrogen-bond donors (Lipinski definition) is 1. The van der Waals surface area contributed by atoms with Gasteiger partial charge in [0, 0.05) is 16.4 Å². The third kappa shape index (κ3) is 3.21. The van der Waals surface area contributed by atoms with Crippen molar-refractivity contribution >= 4 is 11.1 Å². The molecule has 0 fully saturated rings. The van der Waals surface area contributed by atoms with E-state index < -0.39 is 28.6 Å². The summed E-state index contributed by atoms with van der Waals surface area (Å²) in [5.74, 6) is 0. The fourth-order valence-corrected chi connectivity index (χ4v) is 0.944. The van der Waals surface area contributed by atoms with Crippen LogP contribution in [0.25, 0.3) is 20.9 Å². The SMILES string of the molecule is CC(O)(C(CN=[N+]=[N-])N=[N+]=[N-])S(=O)[O-]. The van der Waals surface area contributed by atoms with Gasteiger partial charge in [0.1, 0.15) is 4.93 Å². The molecular formula is C4H7N6O3S-. The summed E-state index contributed by atoms with van der Waals surface area (Å²) in [7, 11) is 0. The molecule has 9 nitrogen and oxygen atoms in total. The molecule has 0 aromatic rings. The van der Waals surface area contributed by atoms with Crippen LogP contribution in [0.5, 0.6) is 0 Å². The maximum absolute atomic E-state index is 10.5. The normalized spacial score (nSPS) is 18.2. The second-order valence-electron chi connectivity index (χ2n) is 2.42. The van der Waals surface area contributed by atoms with Crippen LogP contribution in [-0.2, 0) is 11.1 Å². The van der Waals surface area contributed by atoms with Gasteiger partial charge in [-0.25, -0.2) is 0 Å². The lowest BCUT2D eigenvalue weighted by Gasteiger charge is -2.30. The highest BCUT2D eigenvalue weighted by molar-refractivity contribution is 7.80. The number of hydrogen-bond acceptors (Lipinski definition) is 5. The van der Waals surface area contributed by atoms with E-state index in [1.165, 1.54) is 0 Å². The van der Waals surface area contributed by atoms with Crippen LogP contribution in [0, 0.1) is 0 Å².